The van der Waals surface area contributed by atoms with Crippen molar-refractivity contribution in [1.82, 2.24) is 14.9 Å². The van der Waals surface area contributed by atoms with Crippen LogP contribution in [-0.2, 0) is 0 Å². The Morgan fingerprint density at radius 1 is 1.04 bits per heavy atom. The van der Waals surface area contributed by atoms with Gasteiger partial charge in [0.2, 0.25) is 0 Å². The number of benzene rings is 1. The molecule has 1 aliphatic heterocycles. The Morgan fingerprint density at radius 2 is 1.85 bits per heavy atom. The normalized spacial score (nSPS) is 16.5. The van der Waals surface area contributed by atoms with Crippen molar-refractivity contribution in [2.75, 3.05) is 45.2 Å². The van der Waals surface area contributed by atoms with Gasteiger partial charge in [0.15, 0.2) is 5.78 Å². The van der Waals surface area contributed by atoms with E-state index in [1.54, 1.807) is 19.5 Å². The maximum atomic E-state index is 13.2. The number of carbonyl (C=O) groups is 1. The minimum atomic E-state index is 0.0206. The van der Waals surface area contributed by atoms with Crippen LogP contribution in [0.3, 0.4) is 0 Å². The molecule has 136 valence electrons. The fraction of sp³-hybridized carbons (Fsp3) is 0.286. The van der Waals surface area contributed by atoms with Crippen LogP contribution >= 0.6 is 0 Å². The molecular weight excluding hydrogens is 340 g/mol. The Morgan fingerprint density at radius 3 is 2.63 bits per heavy atom. The van der Waals surface area contributed by atoms with E-state index in [0.29, 0.717) is 11.1 Å². The van der Waals surface area contributed by atoms with Crippen molar-refractivity contribution < 1.29 is 9.53 Å². The van der Waals surface area contributed by atoms with Crippen molar-refractivity contribution in [3.8, 4) is 16.9 Å². The zero-order chi connectivity index (χ0) is 18.5. The standard InChI is InChI=1S/C21H20N4O2/c1-24-7-9-25(10-8-24)21-19-18(14-5-6-22-12-16(14)20(19)26)15-4-3-13(27-2)11-17(15)23-21/h3-6,11-12H,7-10H2,1-2H3. The van der Waals surface area contributed by atoms with Crippen molar-refractivity contribution in [1.29, 1.82) is 0 Å². The maximum Gasteiger partial charge on any atom is 0.199 e. The van der Waals surface area contributed by atoms with Gasteiger partial charge >= 0.3 is 0 Å². The van der Waals surface area contributed by atoms with Crippen LogP contribution in [-0.4, -0.2) is 61.0 Å². The molecule has 0 bridgehead atoms. The highest BCUT2D eigenvalue weighted by molar-refractivity contribution is 6.27. The van der Waals surface area contributed by atoms with Crippen LogP contribution < -0.4 is 9.64 Å². The van der Waals surface area contributed by atoms with Crippen LogP contribution in [0, 0.1) is 0 Å². The third kappa shape index (κ3) is 2.40. The predicted octanol–water partition coefficient (Wildman–Crippen LogP) is 2.60. The Balaban J connectivity index is 1.80. The number of hydrogen-bond acceptors (Lipinski definition) is 6. The van der Waals surface area contributed by atoms with Crippen LogP contribution in [0.2, 0.25) is 0 Å². The largest absolute Gasteiger partial charge is 0.497 e. The zero-order valence-corrected chi connectivity index (χ0v) is 15.4. The fourth-order valence-electron chi connectivity index (χ4n) is 4.03. The Bertz CT molecular complexity index is 1070. The lowest BCUT2D eigenvalue weighted by atomic mass is 10.0. The van der Waals surface area contributed by atoms with Crippen LogP contribution in [0.25, 0.3) is 22.0 Å². The first kappa shape index (κ1) is 16.2. The summed E-state index contributed by atoms with van der Waals surface area (Å²) < 4.78 is 5.39. The molecule has 5 rings (SSSR count). The molecule has 3 heterocycles. The third-order valence-electron chi connectivity index (χ3n) is 5.54. The van der Waals surface area contributed by atoms with Gasteiger partial charge in [0.25, 0.3) is 0 Å². The van der Waals surface area contributed by atoms with E-state index in [2.05, 4.69) is 21.8 Å². The minimum Gasteiger partial charge on any atom is -0.497 e. The summed E-state index contributed by atoms with van der Waals surface area (Å²) in [6.07, 6.45) is 3.41. The number of ketones is 1. The van der Waals surface area contributed by atoms with E-state index in [1.165, 1.54) is 0 Å². The molecule has 2 aromatic heterocycles. The van der Waals surface area contributed by atoms with Crippen molar-refractivity contribution in [2.24, 2.45) is 0 Å². The number of fused-ring (bicyclic) bond motifs is 5. The number of pyridine rings is 2. The number of hydrogen-bond donors (Lipinski definition) is 0. The highest BCUT2D eigenvalue weighted by Gasteiger charge is 2.34. The summed E-state index contributed by atoms with van der Waals surface area (Å²) in [5.41, 5.74) is 4.13. The van der Waals surface area contributed by atoms with E-state index < -0.39 is 0 Å². The van der Waals surface area contributed by atoms with E-state index >= 15 is 0 Å². The lowest BCUT2D eigenvalue weighted by Gasteiger charge is -2.34. The number of ether oxygens (including phenoxy) is 1. The molecule has 0 atom stereocenters. The lowest BCUT2D eigenvalue weighted by Crippen LogP contribution is -2.45. The molecule has 27 heavy (non-hydrogen) atoms. The summed E-state index contributed by atoms with van der Waals surface area (Å²) in [4.78, 5) is 26.9. The average Bonchev–Trinajstić information content (AvgIpc) is 3.01. The van der Waals surface area contributed by atoms with Gasteiger partial charge in [0, 0.05) is 61.2 Å². The second kappa shape index (κ2) is 6.03. The van der Waals surface area contributed by atoms with Crippen LogP contribution in [0.15, 0.2) is 36.7 Å². The van der Waals surface area contributed by atoms with Crippen molar-refractivity contribution in [3.05, 3.63) is 47.8 Å². The predicted molar refractivity (Wildman–Crippen MR) is 105 cm³/mol. The van der Waals surface area contributed by atoms with Crippen LogP contribution in [0.4, 0.5) is 5.82 Å². The number of piperazine rings is 1. The maximum absolute atomic E-state index is 13.2. The number of methoxy groups -OCH3 is 1. The fourth-order valence-corrected chi connectivity index (χ4v) is 4.03. The quantitative estimate of drug-likeness (QED) is 0.548. The smallest absolute Gasteiger partial charge is 0.199 e. The van der Waals surface area contributed by atoms with Crippen molar-refractivity contribution >= 4 is 22.5 Å². The van der Waals surface area contributed by atoms with Gasteiger partial charge < -0.3 is 14.5 Å². The molecule has 0 radical (unpaired) electrons. The molecular formula is C21H20N4O2. The summed E-state index contributed by atoms with van der Waals surface area (Å²) in [5, 5.41) is 0.974. The molecule has 0 N–H and O–H groups in total. The molecule has 0 spiro atoms. The summed E-state index contributed by atoms with van der Waals surface area (Å²) in [6, 6.07) is 7.79. The minimum absolute atomic E-state index is 0.0206. The molecule has 1 aliphatic carbocycles. The SMILES string of the molecule is COc1ccc2c3c(c(N4CCN(C)CC4)nc2c1)C(=O)c1cnccc1-3. The molecule has 0 unspecified atom stereocenters. The highest BCUT2D eigenvalue weighted by Crippen LogP contribution is 2.45. The molecule has 0 amide bonds. The van der Waals surface area contributed by atoms with Crippen LogP contribution in [0.1, 0.15) is 15.9 Å². The molecule has 1 saturated heterocycles. The Kier molecular flexibility index (Phi) is 3.62. The Labute approximate surface area is 157 Å². The average molecular weight is 360 g/mol. The van der Waals surface area contributed by atoms with E-state index in [-0.39, 0.29) is 5.78 Å². The molecule has 1 aromatic carbocycles. The number of carbonyl (C=O) groups excluding carboxylic acids is 1. The summed E-state index contributed by atoms with van der Waals surface area (Å²) in [7, 11) is 3.77. The lowest BCUT2D eigenvalue weighted by molar-refractivity contribution is 0.104. The van der Waals surface area contributed by atoms with Gasteiger partial charge in [-0.25, -0.2) is 4.98 Å². The summed E-state index contributed by atoms with van der Waals surface area (Å²) >= 11 is 0. The molecule has 3 aromatic rings. The van der Waals surface area contributed by atoms with E-state index in [9.17, 15) is 4.79 Å². The number of rotatable bonds is 2. The van der Waals surface area contributed by atoms with Gasteiger partial charge in [-0.2, -0.15) is 0 Å². The van der Waals surface area contributed by atoms with Gasteiger partial charge in [-0.05, 0) is 30.8 Å². The van der Waals surface area contributed by atoms with Gasteiger partial charge in [-0.15, -0.1) is 0 Å². The monoisotopic (exact) mass is 360 g/mol. The van der Waals surface area contributed by atoms with Crippen molar-refractivity contribution in [2.45, 2.75) is 0 Å². The van der Waals surface area contributed by atoms with E-state index in [0.717, 1.165) is 59.8 Å². The second-order valence-corrected chi connectivity index (χ2v) is 7.11. The first-order chi connectivity index (χ1) is 13.2. The molecule has 6 nitrogen and oxygen atoms in total. The first-order valence-corrected chi connectivity index (χ1v) is 9.11. The Hall–Kier alpha value is -2.99. The summed E-state index contributed by atoms with van der Waals surface area (Å²) in [5.74, 6) is 1.56. The van der Waals surface area contributed by atoms with Gasteiger partial charge in [0.1, 0.15) is 11.6 Å². The third-order valence-corrected chi connectivity index (χ3v) is 5.54. The topological polar surface area (TPSA) is 58.6 Å². The first-order valence-electron chi connectivity index (χ1n) is 9.11. The van der Waals surface area contributed by atoms with Gasteiger partial charge in [0.05, 0.1) is 18.2 Å². The van der Waals surface area contributed by atoms with E-state index in [1.807, 2.05) is 24.3 Å². The number of likely N-dealkylation sites (N-methyl/N-ethyl adjacent to an activating group) is 1. The molecule has 2 aliphatic rings. The van der Waals surface area contributed by atoms with Gasteiger partial charge in [-0.1, -0.05) is 0 Å². The summed E-state index contributed by atoms with van der Waals surface area (Å²) in [6.45, 7) is 3.62. The molecule has 6 heteroatoms. The number of nitrogens with zero attached hydrogens (tertiary/aromatic N) is 4. The zero-order valence-electron chi connectivity index (χ0n) is 15.4. The highest BCUT2D eigenvalue weighted by atomic mass is 16.5. The van der Waals surface area contributed by atoms with Crippen molar-refractivity contribution in [3.63, 3.8) is 0 Å². The molecule has 1 fully saturated rings. The number of aromatic nitrogens is 2. The van der Waals surface area contributed by atoms with Crippen LogP contribution in [0.5, 0.6) is 5.75 Å². The molecule has 0 saturated carbocycles. The van der Waals surface area contributed by atoms with Gasteiger partial charge in [-0.3, -0.25) is 9.78 Å². The van der Waals surface area contributed by atoms with E-state index in [4.69, 9.17) is 9.72 Å². The second-order valence-electron chi connectivity index (χ2n) is 7.11. The number of anilines is 1.